The highest BCUT2D eigenvalue weighted by Gasteiger charge is 2.30. The molecule has 10 heteroatoms. The van der Waals surface area contributed by atoms with Gasteiger partial charge in [-0.1, -0.05) is 11.8 Å². The standard InChI is InChI=1S/C30H26F2N2O5S/c1-18-14-20(4-3-11-35)15-19(2)28(18)34-17-22(5-8-26(34)36)27-29(24-7-6-23(31)16-25(24)32)39-30(33-27)21-9-12-40(37,38)13-10-21/h5-8,14-17,21,35H,9-13H2,1-2H3. The number of pyridine rings is 1. The van der Waals surface area contributed by atoms with E-state index in [1.54, 1.807) is 12.3 Å². The molecule has 2 aromatic carbocycles. The molecule has 0 aliphatic carbocycles. The highest BCUT2D eigenvalue weighted by Crippen LogP contribution is 2.39. The number of benzene rings is 2. The molecular formula is C30H26F2N2O5S. The minimum atomic E-state index is -3.13. The van der Waals surface area contributed by atoms with Gasteiger partial charge in [0.05, 0.1) is 22.8 Å². The second kappa shape index (κ2) is 10.8. The number of aliphatic hydroxyl groups excluding tert-OH is 1. The summed E-state index contributed by atoms with van der Waals surface area (Å²) in [7, 11) is -3.13. The molecule has 0 amide bonds. The quantitative estimate of drug-likeness (QED) is 0.361. The predicted octanol–water partition coefficient (Wildman–Crippen LogP) is 4.69. The molecule has 1 saturated heterocycles. The smallest absolute Gasteiger partial charge is 0.255 e. The first kappa shape index (κ1) is 27.5. The van der Waals surface area contributed by atoms with Crippen LogP contribution in [0.1, 0.15) is 41.3 Å². The molecule has 1 aliphatic rings. The van der Waals surface area contributed by atoms with Gasteiger partial charge in [-0.3, -0.25) is 9.36 Å². The lowest BCUT2D eigenvalue weighted by Crippen LogP contribution is -2.22. The number of oxazole rings is 1. The molecule has 4 aromatic rings. The first-order valence-corrected chi connectivity index (χ1v) is 14.5. The molecule has 1 N–H and O–H groups in total. The van der Waals surface area contributed by atoms with Crippen molar-refractivity contribution in [3.8, 4) is 40.1 Å². The Hall–Kier alpha value is -4.07. The zero-order valence-electron chi connectivity index (χ0n) is 21.9. The van der Waals surface area contributed by atoms with Gasteiger partial charge in [0, 0.05) is 35.4 Å². The fraction of sp³-hybridized carbons (Fsp3) is 0.267. The van der Waals surface area contributed by atoms with E-state index in [9.17, 15) is 22.0 Å². The van der Waals surface area contributed by atoms with Crippen molar-refractivity contribution in [3.63, 3.8) is 0 Å². The molecule has 3 heterocycles. The number of halogens is 2. The second-order valence-corrected chi connectivity index (χ2v) is 12.1. The SMILES string of the molecule is Cc1cc(C#CCO)cc(C)c1-n1cc(-c2nc(C3CCS(=O)(=O)CC3)oc2-c2ccc(F)cc2F)ccc1=O. The second-order valence-electron chi connectivity index (χ2n) is 9.82. The van der Waals surface area contributed by atoms with Gasteiger partial charge in [0.15, 0.2) is 11.7 Å². The molecule has 1 fully saturated rings. The average molecular weight is 565 g/mol. The van der Waals surface area contributed by atoms with E-state index in [2.05, 4.69) is 16.8 Å². The molecular weight excluding hydrogens is 538 g/mol. The molecule has 2 aromatic heterocycles. The number of nitrogens with zero attached hydrogens (tertiary/aromatic N) is 2. The maximum absolute atomic E-state index is 14.9. The molecule has 0 radical (unpaired) electrons. The summed E-state index contributed by atoms with van der Waals surface area (Å²) in [6.45, 7) is 3.42. The largest absolute Gasteiger partial charge is 0.440 e. The minimum Gasteiger partial charge on any atom is -0.440 e. The van der Waals surface area contributed by atoms with E-state index in [0.29, 0.717) is 29.7 Å². The Bertz CT molecular complexity index is 1810. The van der Waals surface area contributed by atoms with Crippen molar-refractivity contribution in [3.05, 3.63) is 93.2 Å². The van der Waals surface area contributed by atoms with Gasteiger partial charge in [-0.2, -0.15) is 0 Å². The van der Waals surface area contributed by atoms with Gasteiger partial charge in [0.25, 0.3) is 5.56 Å². The van der Waals surface area contributed by atoms with Crippen LogP contribution in [0, 0.1) is 37.3 Å². The summed E-state index contributed by atoms with van der Waals surface area (Å²) >= 11 is 0. The van der Waals surface area contributed by atoms with E-state index >= 15 is 0 Å². The fourth-order valence-electron chi connectivity index (χ4n) is 5.05. The van der Waals surface area contributed by atoms with Crippen LogP contribution in [0.5, 0.6) is 0 Å². The molecule has 0 saturated carbocycles. The van der Waals surface area contributed by atoms with Gasteiger partial charge in [-0.15, -0.1) is 0 Å². The topological polar surface area (TPSA) is 102 Å². The molecule has 40 heavy (non-hydrogen) atoms. The minimum absolute atomic E-state index is 0.00225. The van der Waals surface area contributed by atoms with Crippen molar-refractivity contribution in [1.82, 2.24) is 9.55 Å². The van der Waals surface area contributed by atoms with E-state index in [1.807, 2.05) is 26.0 Å². The Labute approximate surface area is 230 Å². The molecule has 0 spiro atoms. The third-order valence-electron chi connectivity index (χ3n) is 6.95. The number of rotatable bonds is 4. The van der Waals surface area contributed by atoms with Gasteiger partial charge in [-0.25, -0.2) is 22.2 Å². The van der Waals surface area contributed by atoms with Crippen molar-refractivity contribution in [2.45, 2.75) is 32.6 Å². The van der Waals surface area contributed by atoms with Crippen LogP contribution in [-0.4, -0.2) is 41.2 Å². The summed E-state index contributed by atoms with van der Waals surface area (Å²) in [5.41, 5.74) is 3.28. The lowest BCUT2D eigenvalue weighted by Gasteiger charge is -2.18. The number of aliphatic hydroxyl groups is 1. The van der Waals surface area contributed by atoms with Gasteiger partial charge in [-0.05, 0) is 68.1 Å². The molecule has 7 nitrogen and oxygen atoms in total. The van der Waals surface area contributed by atoms with Crippen molar-refractivity contribution < 1.29 is 26.7 Å². The predicted molar refractivity (Wildman–Crippen MR) is 147 cm³/mol. The van der Waals surface area contributed by atoms with Crippen LogP contribution in [-0.2, 0) is 9.84 Å². The summed E-state index contributed by atoms with van der Waals surface area (Å²) in [6, 6.07) is 9.70. The Morgan fingerprint density at radius 3 is 2.42 bits per heavy atom. The molecule has 206 valence electrons. The number of sulfone groups is 1. The van der Waals surface area contributed by atoms with Crippen molar-refractivity contribution in [2.75, 3.05) is 18.1 Å². The zero-order valence-corrected chi connectivity index (χ0v) is 22.7. The summed E-state index contributed by atoms with van der Waals surface area (Å²) < 4.78 is 60.1. The van der Waals surface area contributed by atoms with E-state index in [1.165, 1.54) is 16.7 Å². The van der Waals surface area contributed by atoms with E-state index < -0.39 is 21.5 Å². The van der Waals surface area contributed by atoms with E-state index in [4.69, 9.17) is 9.52 Å². The van der Waals surface area contributed by atoms with Crippen LogP contribution in [0.15, 0.2) is 57.9 Å². The maximum atomic E-state index is 14.9. The molecule has 0 unspecified atom stereocenters. The molecule has 0 bridgehead atoms. The van der Waals surface area contributed by atoms with Gasteiger partial charge < -0.3 is 9.52 Å². The van der Waals surface area contributed by atoms with Crippen LogP contribution in [0.2, 0.25) is 0 Å². The van der Waals surface area contributed by atoms with Gasteiger partial charge in [0.2, 0.25) is 0 Å². The van der Waals surface area contributed by atoms with Crippen LogP contribution >= 0.6 is 0 Å². The number of aromatic nitrogens is 2. The fourth-order valence-corrected chi connectivity index (χ4v) is 6.54. The Balaban J connectivity index is 1.66. The van der Waals surface area contributed by atoms with Gasteiger partial charge >= 0.3 is 0 Å². The van der Waals surface area contributed by atoms with E-state index in [0.717, 1.165) is 23.3 Å². The van der Waals surface area contributed by atoms with Crippen molar-refractivity contribution in [1.29, 1.82) is 0 Å². The lowest BCUT2D eigenvalue weighted by molar-refractivity contribution is 0.350. The first-order chi connectivity index (χ1) is 19.1. The van der Waals surface area contributed by atoms with Crippen LogP contribution < -0.4 is 5.56 Å². The summed E-state index contributed by atoms with van der Waals surface area (Å²) in [5.74, 6) is 3.94. The third kappa shape index (κ3) is 5.48. The van der Waals surface area contributed by atoms with Gasteiger partial charge in [0.1, 0.15) is 33.8 Å². The van der Waals surface area contributed by atoms with Crippen LogP contribution in [0.3, 0.4) is 0 Å². The average Bonchev–Trinajstić information content (AvgIpc) is 3.33. The summed E-state index contributed by atoms with van der Waals surface area (Å²) in [4.78, 5) is 17.7. The van der Waals surface area contributed by atoms with Crippen molar-refractivity contribution >= 4 is 9.84 Å². The Kier molecular flexibility index (Phi) is 7.45. The highest BCUT2D eigenvalue weighted by atomic mass is 32.2. The highest BCUT2D eigenvalue weighted by molar-refractivity contribution is 7.91. The number of aryl methyl sites for hydroxylation is 2. The van der Waals surface area contributed by atoms with Crippen LogP contribution in [0.4, 0.5) is 8.78 Å². The molecule has 1 aliphatic heterocycles. The maximum Gasteiger partial charge on any atom is 0.255 e. The summed E-state index contributed by atoms with van der Waals surface area (Å²) in [6.07, 6.45) is 2.22. The number of hydrogen-bond donors (Lipinski definition) is 1. The molecule has 5 rings (SSSR count). The third-order valence-corrected chi connectivity index (χ3v) is 8.67. The Morgan fingerprint density at radius 1 is 1.07 bits per heavy atom. The molecule has 0 atom stereocenters. The van der Waals surface area contributed by atoms with E-state index in [-0.39, 0.29) is 52.5 Å². The first-order valence-electron chi connectivity index (χ1n) is 12.7. The zero-order chi connectivity index (χ0) is 28.6. The van der Waals surface area contributed by atoms with Crippen molar-refractivity contribution in [2.24, 2.45) is 0 Å². The normalized spacial score (nSPS) is 15.0. The summed E-state index contributed by atoms with van der Waals surface area (Å²) in [5, 5.41) is 9.02. The number of hydrogen-bond acceptors (Lipinski definition) is 6. The monoisotopic (exact) mass is 564 g/mol. The Morgan fingerprint density at radius 2 is 1.77 bits per heavy atom. The van der Waals surface area contributed by atoms with Crippen LogP contribution in [0.25, 0.3) is 28.3 Å². The lowest BCUT2D eigenvalue weighted by atomic mass is 10.0.